The maximum atomic E-state index is 12.9. The van der Waals surface area contributed by atoms with Crippen molar-refractivity contribution >= 4 is 43.3 Å². The molecule has 2 N–H and O–H groups in total. The molecule has 0 bridgehead atoms. The number of carbonyl (C=O) groups is 1. The largest absolute Gasteiger partial charge is 0.324 e. The summed E-state index contributed by atoms with van der Waals surface area (Å²) in [7, 11) is -7.70. The van der Waals surface area contributed by atoms with E-state index >= 15 is 0 Å². The summed E-state index contributed by atoms with van der Waals surface area (Å²) in [6.45, 7) is 5.17. The third-order valence-electron chi connectivity index (χ3n) is 4.77. The number of rotatable bonds is 8. The molecule has 1 aromatic heterocycles. The number of carbonyl (C=O) groups excluding carboxylic acids is 1. The van der Waals surface area contributed by atoms with Gasteiger partial charge in [-0.1, -0.05) is 6.07 Å². The van der Waals surface area contributed by atoms with Crippen LogP contribution in [0.3, 0.4) is 0 Å². The molecule has 12 heteroatoms. The summed E-state index contributed by atoms with van der Waals surface area (Å²) < 4.78 is 53.4. The molecule has 34 heavy (non-hydrogen) atoms. The summed E-state index contributed by atoms with van der Waals surface area (Å²) >= 11 is 0. The summed E-state index contributed by atoms with van der Waals surface area (Å²) in [4.78, 5) is 20.5. The van der Waals surface area contributed by atoms with Crippen LogP contribution in [0.1, 0.15) is 18.1 Å². The van der Waals surface area contributed by atoms with E-state index in [0.717, 1.165) is 21.7 Å². The molecule has 3 rings (SSSR count). The number of hydrogen-bond donors (Lipinski definition) is 2. The summed E-state index contributed by atoms with van der Waals surface area (Å²) in [5, 5.41) is 2.64. The maximum absolute atomic E-state index is 12.9. The van der Waals surface area contributed by atoms with Gasteiger partial charge in [0.1, 0.15) is 6.04 Å². The molecule has 2 aromatic carbocycles. The Balaban J connectivity index is 1.78. The molecule has 1 heterocycles. The van der Waals surface area contributed by atoms with Crippen LogP contribution in [0.5, 0.6) is 0 Å². The highest BCUT2D eigenvalue weighted by Crippen LogP contribution is 2.25. The van der Waals surface area contributed by atoms with Crippen molar-refractivity contribution in [3.63, 3.8) is 0 Å². The van der Waals surface area contributed by atoms with E-state index < -0.39 is 32.0 Å². The first-order valence-electron chi connectivity index (χ1n) is 10.2. The predicted molar refractivity (Wildman–Crippen MR) is 131 cm³/mol. The number of aryl methyl sites for hydroxylation is 2. The molecule has 0 fully saturated rings. The highest BCUT2D eigenvalue weighted by Gasteiger charge is 2.29. The zero-order valence-electron chi connectivity index (χ0n) is 19.1. The van der Waals surface area contributed by atoms with Crippen molar-refractivity contribution in [1.29, 1.82) is 0 Å². The Morgan fingerprint density at radius 1 is 0.941 bits per heavy atom. The average molecular weight is 504 g/mol. The lowest BCUT2D eigenvalue weighted by molar-refractivity contribution is -0.116. The number of amides is 1. The van der Waals surface area contributed by atoms with Gasteiger partial charge in [-0.05, 0) is 74.4 Å². The third kappa shape index (κ3) is 6.08. The summed E-state index contributed by atoms with van der Waals surface area (Å²) in [6, 6.07) is 11.2. The van der Waals surface area contributed by atoms with Crippen molar-refractivity contribution in [3.8, 4) is 0 Å². The number of anilines is 3. The van der Waals surface area contributed by atoms with Gasteiger partial charge in [-0.2, -0.15) is 0 Å². The molecule has 0 saturated carbocycles. The Bertz CT molecular complexity index is 1370. The third-order valence-corrected chi connectivity index (χ3v) is 7.36. The number of nitrogens with one attached hydrogen (secondary N) is 2. The smallest absolute Gasteiger partial charge is 0.264 e. The second-order valence-corrected chi connectivity index (χ2v) is 11.3. The van der Waals surface area contributed by atoms with Gasteiger partial charge in [-0.3, -0.25) is 9.10 Å². The lowest BCUT2D eigenvalue weighted by Crippen LogP contribution is -2.45. The van der Waals surface area contributed by atoms with Gasteiger partial charge < -0.3 is 5.32 Å². The standard InChI is InChI=1S/C22H25N5O5S2/c1-15-12-16(2)14-19(13-15)27(33(4,29)30)17(3)21(28)25-18-6-8-20(9-7-18)34(31,32)26-22-23-10-5-11-24-22/h5-14,17H,1-4H3,(H,25,28)(H,23,24,26). The number of aromatic nitrogens is 2. The number of hydrogen-bond acceptors (Lipinski definition) is 7. The second kappa shape index (κ2) is 9.77. The molecule has 0 spiro atoms. The van der Waals surface area contributed by atoms with Gasteiger partial charge in [-0.25, -0.2) is 31.5 Å². The minimum Gasteiger partial charge on any atom is -0.324 e. The van der Waals surface area contributed by atoms with Gasteiger partial charge in [0.25, 0.3) is 10.0 Å². The fraction of sp³-hybridized carbons (Fsp3) is 0.227. The van der Waals surface area contributed by atoms with Crippen LogP contribution in [0.15, 0.2) is 65.8 Å². The van der Waals surface area contributed by atoms with Crippen molar-refractivity contribution in [2.24, 2.45) is 0 Å². The van der Waals surface area contributed by atoms with E-state index in [1.54, 1.807) is 18.2 Å². The average Bonchev–Trinajstić information content (AvgIpc) is 2.73. The normalized spacial score (nSPS) is 12.6. The molecular formula is C22H25N5O5S2. The summed E-state index contributed by atoms with van der Waals surface area (Å²) in [5.74, 6) is -0.642. The minimum absolute atomic E-state index is 0.0565. The van der Waals surface area contributed by atoms with E-state index in [4.69, 9.17) is 0 Å². The molecule has 10 nitrogen and oxygen atoms in total. The molecule has 1 atom stereocenters. The Hall–Kier alpha value is -3.51. The number of sulfonamides is 2. The Labute approximate surface area is 199 Å². The molecule has 0 aliphatic rings. The topological polar surface area (TPSA) is 138 Å². The van der Waals surface area contributed by atoms with Gasteiger partial charge in [0.05, 0.1) is 16.8 Å². The fourth-order valence-corrected chi connectivity index (χ4v) is 5.50. The van der Waals surface area contributed by atoms with E-state index in [2.05, 4.69) is 20.0 Å². The minimum atomic E-state index is -3.93. The van der Waals surface area contributed by atoms with Crippen LogP contribution in [0, 0.1) is 13.8 Å². The molecule has 3 aromatic rings. The Kier molecular flexibility index (Phi) is 7.22. The van der Waals surface area contributed by atoms with Gasteiger partial charge in [0.15, 0.2) is 0 Å². The van der Waals surface area contributed by atoms with E-state index in [1.807, 2.05) is 19.9 Å². The van der Waals surface area contributed by atoms with Crippen molar-refractivity contribution in [3.05, 3.63) is 72.1 Å². The van der Waals surface area contributed by atoms with Crippen LogP contribution in [-0.4, -0.2) is 45.0 Å². The monoisotopic (exact) mass is 503 g/mol. The summed E-state index contributed by atoms with van der Waals surface area (Å²) in [6.07, 6.45) is 3.85. The quantitative estimate of drug-likeness (QED) is 0.482. The lowest BCUT2D eigenvalue weighted by Gasteiger charge is -2.28. The SMILES string of the molecule is Cc1cc(C)cc(N(C(C)C(=O)Nc2ccc(S(=O)(=O)Nc3ncccn3)cc2)S(C)(=O)=O)c1. The Morgan fingerprint density at radius 2 is 1.50 bits per heavy atom. The van der Waals surface area contributed by atoms with Crippen LogP contribution in [-0.2, 0) is 24.8 Å². The van der Waals surface area contributed by atoms with Crippen LogP contribution in [0.25, 0.3) is 0 Å². The molecule has 0 aliphatic carbocycles. The molecular weight excluding hydrogens is 478 g/mol. The Morgan fingerprint density at radius 3 is 2.03 bits per heavy atom. The van der Waals surface area contributed by atoms with Gasteiger partial charge in [-0.15, -0.1) is 0 Å². The van der Waals surface area contributed by atoms with Crippen molar-refractivity contribution < 1.29 is 21.6 Å². The summed E-state index contributed by atoms with van der Waals surface area (Å²) in [5.41, 5.74) is 2.42. The highest BCUT2D eigenvalue weighted by atomic mass is 32.2. The van der Waals surface area contributed by atoms with Gasteiger partial charge in [0.2, 0.25) is 21.9 Å². The van der Waals surface area contributed by atoms with Crippen LogP contribution in [0.2, 0.25) is 0 Å². The number of nitrogens with zero attached hydrogens (tertiary/aromatic N) is 3. The van der Waals surface area contributed by atoms with Crippen molar-refractivity contribution in [2.75, 3.05) is 20.6 Å². The van der Waals surface area contributed by atoms with E-state index in [9.17, 15) is 21.6 Å². The van der Waals surface area contributed by atoms with E-state index in [-0.39, 0.29) is 10.8 Å². The van der Waals surface area contributed by atoms with Crippen molar-refractivity contribution in [1.82, 2.24) is 9.97 Å². The van der Waals surface area contributed by atoms with E-state index in [0.29, 0.717) is 11.4 Å². The van der Waals surface area contributed by atoms with Crippen LogP contribution in [0.4, 0.5) is 17.3 Å². The van der Waals surface area contributed by atoms with Gasteiger partial charge >= 0.3 is 0 Å². The molecule has 180 valence electrons. The maximum Gasteiger partial charge on any atom is 0.264 e. The number of benzene rings is 2. The van der Waals surface area contributed by atoms with Gasteiger partial charge in [0, 0.05) is 18.1 Å². The first kappa shape index (κ1) is 25.1. The second-order valence-electron chi connectivity index (χ2n) is 7.77. The van der Waals surface area contributed by atoms with E-state index in [1.165, 1.54) is 43.6 Å². The predicted octanol–water partition coefficient (Wildman–Crippen LogP) is 2.69. The lowest BCUT2D eigenvalue weighted by atomic mass is 10.1. The zero-order chi connectivity index (χ0) is 25.1. The van der Waals surface area contributed by atoms with Crippen LogP contribution < -0.4 is 14.3 Å². The molecule has 0 saturated heterocycles. The molecule has 0 aliphatic heterocycles. The molecule has 1 amide bonds. The molecule has 0 radical (unpaired) electrons. The zero-order valence-corrected chi connectivity index (χ0v) is 20.7. The molecule has 1 unspecified atom stereocenters. The first-order chi connectivity index (χ1) is 15.9. The fourth-order valence-electron chi connectivity index (χ4n) is 3.38. The highest BCUT2D eigenvalue weighted by molar-refractivity contribution is 7.92. The van der Waals surface area contributed by atoms with Crippen molar-refractivity contribution in [2.45, 2.75) is 31.7 Å². The first-order valence-corrected chi connectivity index (χ1v) is 13.5. The van der Waals surface area contributed by atoms with Crippen LogP contribution >= 0.6 is 0 Å².